The summed E-state index contributed by atoms with van der Waals surface area (Å²) in [5.41, 5.74) is 9.90. The number of benzene rings is 2. The van der Waals surface area contributed by atoms with Gasteiger partial charge in [0.1, 0.15) is 11.5 Å². The standard InChI is InChI=1S/C34H39Cl2FN8O2/c1-34(42(2)3)18-44(19-34)33-29(38)32(45(39)20-11-14-43(15-12-20)26(46)8-6-16-47-4)23-17-24(35)27(28(36)31(23)41-33)22-9-10-25(37)21-7-5-13-40-30(21)22/h5-10,13,17,20H,11-12,14-16,18-19,38-39H2,1-4H3/b8-6+. The van der Waals surface area contributed by atoms with E-state index < -0.39 is 0 Å². The molecule has 10 nitrogen and oxygen atoms in total. The fourth-order valence-corrected chi connectivity index (χ4v) is 7.23. The molecular formula is C34H39Cl2FN8O2. The van der Waals surface area contributed by atoms with Crippen molar-refractivity contribution in [1.82, 2.24) is 19.8 Å². The number of methoxy groups -OCH3 is 1. The summed E-state index contributed by atoms with van der Waals surface area (Å²) >= 11 is 14.2. The first kappa shape index (κ1) is 33.2. The molecule has 248 valence electrons. The van der Waals surface area contributed by atoms with Gasteiger partial charge in [0.15, 0.2) is 5.82 Å². The van der Waals surface area contributed by atoms with Crippen molar-refractivity contribution in [2.75, 3.05) is 69.6 Å². The number of anilines is 3. The van der Waals surface area contributed by atoms with Crippen molar-refractivity contribution in [3.63, 3.8) is 0 Å². The number of rotatable bonds is 8. The molecule has 6 rings (SSSR count). The monoisotopic (exact) mass is 680 g/mol. The molecule has 0 saturated carbocycles. The highest BCUT2D eigenvalue weighted by molar-refractivity contribution is 6.43. The van der Waals surface area contributed by atoms with Crippen LogP contribution in [0, 0.1) is 5.82 Å². The molecule has 0 atom stereocenters. The lowest BCUT2D eigenvalue weighted by Gasteiger charge is -2.52. The predicted molar refractivity (Wildman–Crippen MR) is 188 cm³/mol. The first-order valence-electron chi connectivity index (χ1n) is 15.5. The zero-order chi connectivity index (χ0) is 33.6. The number of likely N-dealkylation sites (N-methyl/N-ethyl adjacent to an activating group) is 1. The van der Waals surface area contributed by atoms with Crippen LogP contribution in [0.1, 0.15) is 19.8 Å². The average Bonchev–Trinajstić information content (AvgIpc) is 3.04. The van der Waals surface area contributed by atoms with Gasteiger partial charge in [-0.2, -0.15) is 0 Å². The second kappa shape index (κ2) is 13.0. The van der Waals surface area contributed by atoms with Crippen molar-refractivity contribution in [2.24, 2.45) is 5.84 Å². The first-order chi connectivity index (χ1) is 22.4. The zero-order valence-electron chi connectivity index (χ0n) is 26.9. The third-order valence-corrected chi connectivity index (χ3v) is 10.2. The molecule has 4 aromatic rings. The number of carbonyl (C=O) groups excluding carboxylic acids is 1. The Morgan fingerprint density at radius 2 is 1.89 bits per heavy atom. The van der Waals surface area contributed by atoms with E-state index in [-0.39, 0.29) is 23.3 Å². The SMILES string of the molecule is COC/C=C/C(=O)N1CCC(N(N)c2c(N)c(N3CC(C)(N(C)C)C3)nc3c(Cl)c(-c4ccc(F)c5cccnc45)c(Cl)cc23)CC1. The van der Waals surface area contributed by atoms with Gasteiger partial charge < -0.3 is 30.2 Å². The van der Waals surface area contributed by atoms with Crippen molar-refractivity contribution in [1.29, 1.82) is 0 Å². The predicted octanol–water partition coefficient (Wildman–Crippen LogP) is 5.49. The van der Waals surface area contributed by atoms with Gasteiger partial charge in [-0.3, -0.25) is 9.78 Å². The van der Waals surface area contributed by atoms with Crippen molar-refractivity contribution in [2.45, 2.75) is 31.3 Å². The highest BCUT2D eigenvalue weighted by Crippen LogP contribution is 2.48. The Labute approximate surface area is 283 Å². The molecule has 2 fully saturated rings. The molecule has 13 heteroatoms. The Balaban J connectivity index is 1.45. The molecule has 0 spiro atoms. The van der Waals surface area contributed by atoms with Gasteiger partial charge in [-0.15, -0.1) is 0 Å². The Morgan fingerprint density at radius 3 is 2.57 bits per heavy atom. The summed E-state index contributed by atoms with van der Waals surface area (Å²) in [5, 5.41) is 3.28. The smallest absolute Gasteiger partial charge is 0.246 e. The number of hydrogen-bond donors (Lipinski definition) is 2. The minimum absolute atomic E-state index is 0.0592. The molecule has 2 saturated heterocycles. The number of likely N-dealkylation sites (tertiary alicyclic amines) is 1. The van der Waals surface area contributed by atoms with Crippen LogP contribution in [-0.4, -0.2) is 91.2 Å². The number of nitrogens with zero attached hydrogens (tertiary/aromatic N) is 6. The Hall–Kier alpha value is -3.74. The van der Waals surface area contributed by atoms with Crippen molar-refractivity contribution in [3.8, 4) is 11.1 Å². The van der Waals surface area contributed by atoms with E-state index in [2.05, 4.69) is 35.8 Å². The molecule has 0 unspecified atom stereocenters. The maximum absolute atomic E-state index is 14.8. The molecule has 2 aliphatic rings. The maximum Gasteiger partial charge on any atom is 0.246 e. The third-order valence-electron chi connectivity index (χ3n) is 9.54. The number of halogens is 3. The summed E-state index contributed by atoms with van der Waals surface area (Å²) in [5.74, 6) is 7.08. The normalized spacial score (nSPS) is 16.9. The number of ether oxygens (including phenoxy) is 1. The number of aromatic nitrogens is 2. The molecule has 2 aromatic carbocycles. The molecule has 4 N–H and O–H groups in total. The number of nitrogens with two attached hydrogens (primary N) is 2. The largest absolute Gasteiger partial charge is 0.394 e. The van der Waals surface area contributed by atoms with Crippen molar-refractivity contribution in [3.05, 3.63) is 64.5 Å². The van der Waals surface area contributed by atoms with Crippen LogP contribution < -0.4 is 21.5 Å². The third kappa shape index (κ3) is 5.95. The number of amides is 1. The number of carbonyl (C=O) groups is 1. The van der Waals surface area contributed by atoms with E-state index in [0.29, 0.717) is 106 Å². The summed E-state index contributed by atoms with van der Waals surface area (Å²) < 4.78 is 19.8. The Morgan fingerprint density at radius 1 is 1.17 bits per heavy atom. The molecular weight excluding hydrogens is 642 g/mol. The van der Waals surface area contributed by atoms with Crippen molar-refractivity contribution < 1.29 is 13.9 Å². The Bertz CT molecular complexity index is 1870. The molecule has 4 heterocycles. The first-order valence-corrected chi connectivity index (χ1v) is 16.3. The topological polar surface area (TPSA) is 117 Å². The van der Waals surface area contributed by atoms with Gasteiger partial charge >= 0.3 is 0 Å². The fraction of sp³-hybridized carbons (Fsp3) is 0.382. The number of nitrogen functional groups attached to an aromatic ring is 1. The maximum atomic E-state index is 14.8. The van der Waals surface area contributed by atoms with E-state index >= 15 is 0 Å². The minimum Gasteiger partial charge on any atom is -0.394 e. The molecule has 0 aliphatic carbocycles. The van der Waals surface area contributed by atoms with Gasteiger partial charge in [0.05, 0.1) is 38.9 Å². The number of pyridine rings is 2. The van der Waals surface area contributed by atoms with E-state index in [9.17, 15) is 9.18 Å². The van der Waals surface area contributed by atoms with Gasteiger partial charge in [0.25, 0.3) is 0 Å². The molecule has 2 aliphatic heterocycles. The zero-order valence-corrected chi connectivity index (χ0v) is 28.4. The van der Waals surface area contributed by atoms with Crippen LogP contribution in [0.4, 0.5) is 21.6 Å². The second-order valence-corrected chi connectivity index (χ2v) is 13.5. The van der Waals surface area contributed by atoms with Crippen LogP contribution in [0.15, 0.2) is 48.7 Å². The summed E-state index contributed by atoms with van der Waals surface area (Å²) in [4.78, 5) is 28.3. The lowest BCUT2D eigenvalue weighted by Crippen LogP contribution is -2.67. The quantitative estimate of drug-likeness (QED) is 0.142. The number of piperidine rings is 1. The van der Waals surface area contributed by atoms with E-state index in [4.69, 9.17) is 44.5 Å². The van der Waals surface area contributed by atoms with Crippen LogP contribution in [0.2, 0.25) is 10.0 Å². The summed E-state index contributed by atoms with van der Waals surface area (Å²) in [6.45, 7) is 5.04. The van der Waals surface area contributed by atoms with Crippen LogP contribution >= 0.6 is 23.2 Å². The van der Waals surface area contributed by atoms with E-state index in [0.717, 1.165) is 0 Å². The number of fused-ring (bicyclic) bond motifs is 2. The lowest BCUT2D eigenvalue weighted by atomic mass is 9.90. The lowest BCUT2D eigenvalue weighted by molar-refractivity contribution is -0.127. The van der Waals surface area contributed by atoms with Crippen LogP contribution in [0.3, 0.4) is 0 Å². The van der Waals surface area contributed by atoms with E-state index in [1.165, 1.54) is 6.07 Å². The molecule has 2 aromatic heterocycles. The van der Waals surface area contributed by atoms with Crippen LogP contribution in [0.25, 0.3) is 32.9 Å². The Kier molecular flexibility index (Phi) is 9.21. The molecule has 47 heavy (non-hydrogen) atoms. The van der Waals surface area contributed by atoms with Gasteiger partial charge in [-0.05, 0) is 64.2 Å². The molecule has 1 amide bonds. The summed E-state index contributed by atoms with van der Waals surface area (Å²) in [7, 11) is 5.69. The van der Waals surface area contributed by atoms with Gasteiger partial charge in [0.2, 0.25) is 5.91 Å². The average molecular weight is 682 g/mol. The van der Waals surface area contributed by atoms with E-state index in [1.807, 2.05) is 0 Å². The van der Waals surface area contributed by atoms with Gasteiger partial charge in [0, 0.05) is 73.5 Å². The number of hydrogen-bond acceptors (Lipinski definition) is 9. The fourth-order valence-electron chi connectivity index (χ4n) is 6.53. The number of hydrazine groups is 1. The van der Waals surface area contributed by atoms with Gasteiger partial charge in [-0.1, -0.05) is 29.3 Å². The highest BCUT2D eigenvalue weighted by Gasteiger charge is 2.43. The highest BCUT2D eigenvalue weighted by atomic mass is 35.5. The molecule has 0 bridgehead atoms. The summed E-state index contributed by atoms with van der Waals surface area (Å²) in [6.07, 6.45) is 6.12. The van der Waals surface area contributed by atoms with E-state index in [1.54, 1.807) is 59.6 Å². The van der Waals surface area contributed by atoms with Crippen LogP contribution in [-0.2, 0) is 9.53 Å². The second-order valence-electron chi connectivity index (χ2n) is 12.7. The van der Waals surface area contributed by atoms with Gasteiger partial charge in [-0.25, -0.2) is 15.2 Å². The summed E-state index contributed by atoms with van der Waals surface area (Å²) in [6, 6.07) is 8.04. The minimum atomic E-state index is -0.389. The van der Waals surface area contributed by atoms with Crippen LogP contribution in [0.5, 0.6) is 0 Å². The van der Waals surface area contributed by atoms with Crippen molar-refractivity contribution >= 4 is 68.1 Å². The molecule has 0 radical (unpaired) electrons.